The van der Waals surface area contributed by atoms with Crippen molar-refractivity contribution < 1.29 is 9.47 Å². The molecule has 2 N–H and O–H groups in total. The van der Waals surface area contributed by atoms with Gasteiger partial charge in [0, 0.05) is 11.1 Å². The van der Waals surface area contributed by atoms with Crippen LogP contribution in [0.3, 0.4) is 0 Å². The van der Waals surface area contributed by atoms with Crippen molar-refractivity contribution in [3.63, 3.8) is 0 Å². The Kier molecular flexibility index (Phi) is 4.76. The molecule has 3 rings (SSSR count). The zero-order valence-electron chi connectivity index (χ0n) is 14.9. The van der Waals surface area contributed by atoms with Crippen LogP contribution in [0.4, 0.5) is 5.82 Å². The first-order valence-electron chi connectivity index (χ1n) is 8.07. The highest BCUT2D eigenvalue weighted by atomic mass is 16.5. The van der Waals surface area contributed by atoms with Crippen LogP contribution in [0.25, 0.3) is 22.4 Å². The standard InChI is InChI=1S/C21H19N3O2/c1-13-5-4-6-14(9-13)16-11-18(24-21(23)17(16)12-22)15-7-8-19(25-2)20(10-15)26-3/h4-11H,1-3H3,(H2,23,24). The van der Waals surface area contributed by atoms with Gasteiger partial charge in [-0.3, -0.25) is 0 Å². The number of nitriles is 1. The lowest BCUT2D eigenvalue weighted by Gasteiger charge is -2.13. The predicted molar refractivity (Wildman–Crippen MR) is 102 cm³/mol. The Hall–Kier alpha value is -3.52. The molecule has 0 saturated carbocycles. The fourth-order valence-electron chi connectivity index (χ4n) is 2.87. The van der Waals surface area contributed by atoms with Crippen LogP contribution in [0, 0.1) is 18.3 Å². The van der Waals surface area contributed by atoms with Gasteiger partial charge in [0.15, 0.2) is 11.5 Å². The minimum absolute atomic E-state index is 0.205. The second kappa shape index (κ2) is 7.16. The number of nitrogen functional groups attached to an aromatic ring is 1. The summed E-state index contributed by atoms with van der Waals surface area (Å²) in [5.41, 5.74) is 10.7. The van der Waals surface area contributed by atoms with Gasteiger partial charge in [0.2, 0.25) is 0 Å². The number of hydrogen-bond acceptors (Lipinski definition) is 5. The Morgan fingerprint density at radius 2 is 1.73 bits per heavy atom. The first-order chi connectivity index (χ1) is 12.6. The molecule has 2 aromatic carbocycles. The van der Waals surface area contributed by atoms with Crippen LogP contribution in [0.1, 0.15) is 11.1 Å². The number of nitrogens with two attached hydrogens (primary N) is 1. The highest BCUT2D eigenvalue weighted by Gasteiger charge is 2.15. The number of benzene rings is 2. The van der Waals surface area contributed by atoms with E-state index < -0.39 is 0 Å². The van der Waals surface area contributed by atoms with Gasteiger partial charge in [-0.2, -0.15) is 5.26 Å². The smallest absolute Gasteiger partial charge is 0.161 e. The van der Waals surface area contributed by atoms with E-state index in [1.807, 2.05) is 55.5 Å². The first kappa shape index (κ1) is 17.3. The lowest BCUT2D eigenvalue weighted by atomic mass is 9.97. The van der Waals surface area contributed by atoms with Crippen molar-refractivity contribution in [2.45, 2.75) is 6.92 Å². The van der Waals surface area contributed by atoms with Crippen molar-refractivity contribution in [2.24, 2.45) is 0 Å². The molecule has 1 heterocycles. The molecule has 5 nitrogen and oxygen atoms in total. The highest BCUT2D eigenvalue weighted by Crippen LogP contribution is 2.35. The van der Waals surface area contributed by atoms with Gasteiger partial charge < -0.3 is 15.2 Å². The zero-order valence-corrected chi connectivity index (χ0v) is 14.9. The van der Waals surface area contributed by atoms with E-state index in [1.54, 1.807) is 14.2 Å². The summed E-state index contributed by atoms with van der Waals surface area (Å²) in [7, 11) is 3.17. The van der Waals surface area contributed by atoms with Crippen LogP contribution in [0.2, 0.25) is 0 Å². The van der Waals surface area contributed by atoms with E-state index in [0.717, 1.165) is 22.3 Å². The van der Waals surface area contributed by atoms with Gasteiger partial charge in [0.1, 0.15) is 17.5 Å². The van der Waals surface area contributed by atoms with Crippen molar-refractivity contribution in [1.29, 1.82) is 5.26 Å². The van der Waals surface area contributed by atoms with E-state index in [4.69, 9.17) is 15.2 Å². The minimum Gasteiger partial charge on any atom is -0.493 e. The zero-order chi connectivity index (χ0) is 18.7. The van der Waals surface area contributed by atoms with Crippen LogP contribution in [-0.2, 0) is 0 Å². The Morgan fingerprint density at radius 3 is 2.38 bits per heavy atom. The molecule has 26 heavy (non-hydrogen) atoms. The summed E-state index contributed by atoms with van der Waals surface area (Å²) in [4.78, 5) is 4.41. The van der Waals surface area contributed by atoms with E-state index in [1.165, 1.54) is 0 Å². The molecule has 3 aromatic rings. The van der Waals surface area contributed by atoms with Gasteiger partial charge in [-0.25, -0.2) is 4.98 Å². The van der Waals surface area contributed by atoms with Gasteiger partial charge in [0.25, 0.3) is 0 Å². The lowest BCUT2D eigenvalue weighted by molar-refractivity contribution is 0.355. The number of ether oxygens (including phenoxy) is 2. The molecule has 0 fully saturated rings. The summed E-state index contributed by atoms with van der Waals surface area (Å²) in [6.07, 6.45) is 0. The Balaban J connectivity index is 2.20. The summed E-state index contributed by atoms with van der Waals surface area (Å²) >= 11 is 0. The molecule has 0 bridgehead atoms. The molecule has 0 aliphatic carbocycles. The number of aromatic nitrogens is 1. The number of aryl methyl sites for hydroxylation is 1. The maximum atomic E-state index is 9.54. The van der Waals surface area contributed by atoms with E-state index in [2.05, 4.69) is 11.1 Å². The number of anilines is 1. The molecule has 0 saturated heterocycles. The van der Waals surface area contributed by atoms with E-state index >= 15 is 0 Å². The largest absolute Gasteiger partial charge is 0.493 e. The molecular weight excluding hydrogens is 326 g/mol. The van der Waals surface area contributed by atoms with Gasteiger partial charge >= 0.3 is 0 Å². The van der Waals surface area contributed by atoms with E-state index in [0.29, 0.717) is 22.8 Å². The van der Waals surface area contributed by atoms with Gasteiger partial charge in [-0.05, 0) is 36.8 Å². The summed E-state index contributed by atoms with van der Waals surface area (Å²) in [6, 6.07) is 17.5. The molecule has 130 valence electrons. The Labute approximate surface area is 152 Å². The van der Waals surface area contributed by atoms with Gasteiger partial charge in [0.05, 0.1) is 19.9 Å². The molecule has 0 aliphatic rings. The molecule has 0 amide bonds. The Bertz CT molecular complexity index is 1010. The van der Waals surface area contributed by atoms with Crippen molar-refractivity contribution in [3.8, 4) is 40.0 Å². The molecular formula is C21H19N3O2. The Morgan fingerprint density at radius 1 is 0.962 bits per heavy atom. The molecule has 0 radical (unpaired) electrons. The van der Waals surface area contributed by atoms with Crippen molar-refractivity contribution >= 4 is 5.82 Å². The summed E-state index contributed by atoms with van der Waals surface area (Å²) in [5, 5.41) is 9.54. The third-order valence-corrected chi connectivity index (χ3v) is 4.17. The predicted octanol–water partition coefficient (Wildman–Crippen LogP) is 4.20. The van der Waals surface area contributed by atoms with Crippen molar-refractivity contribution in [3.05, 3.63) is 59.7 Å². The van der Waals surface area contributed by atoms with E-state index in [9.17, 15) is 5.26 Å². The molecule has 0 unspecified atom stereocenters. The number of rotatable bonds is 4. The van der Waals surface area contributed by atoms with Crippen LogP contribution in [-0.4, -0.2) is 19.2 Å². The number of methoxy groups -OCH3 is 2. The summed E-state index contributed by atoms with van der Waals surface area (Å²) in [5.74, 6) is 1.44. The number of nitrogens with zero attached hydrogens (tertiary/aromatic N) is 2. The van der Waals surface area contributed by atoms with Crippen LogP contribution in [0.15, 0.2) is 48.5 Å². The highest BCUT2D eigenvalue weighted by molar-refractivity contribution is 5.80. The normalized spacial score (nSPS) is 10.2. The quantitative estimate of drug-likeness (QED) is 0.766. The van der Waals surface area contributed by atoms with Gasteiger partial charge in [-0.1, -0.05) is 29.8 Å². The van der Waals surface area contributed by atoms with E-state index in [-0.39, 0.29) is 5.82 Å². The van der Waals surface area contributed by atoms with Crippen molar-refractivity contribution in [1.82, 2.24) is 4.98 Å². The number of pyridine rings is 1. The fraction of sp³-hybridized carbons (Fsp3) is 0.143. The number of hydrogen-bond donors (Lipinski definition) is 1. The van der Waals surface area contributed by atoms with Crippen LogP contribution in [0.5, 0.6) is 11.5 Å². The summed E-state index contributed by atoms with van der Waals surface area (Å²) in [6.45, 7) is 2.01. The monoisotopic (exact) mass is 345 g/mol. The second-order valence-electron chi connectivity index (χ2n) is 5.87. The molecule has 5 heteroatoms. The summed E-state index contributed by atoms with van der Waals surface area (Å²) < 4.78 is 10.6. The third kappa shape index (κ3) is 3.17. The third-order valence-electron chi connectivity index (χ3n) is 4.17. The minimum atomic E-state index is 0.205. The molecule has 0 aliphatic heterocycles. The van der Waals surface area contributed by atoms with Crippen LogP contribution < -0.4 is 15.2 Å². The first-order valence-corrected chi connectivity index (χ1v) is 8.07. The SMILES string of the molecule is COc1ccc(-c2cc(-c3cccc(C)c3)c(C#N)c(N)n2)cc1OC. The van der Waals surface area contributed by atoms with Gasteiger partial charge in [-0.15, -0.1) is 0 Å². The van der Waals surface area contributed by atoms with Crippen molar-refractivity contribution in [2.75, 3.05) is 20.0 Å². The second-order valence-corrected chi connectivity index (χ2v) is 5.87. The molecule has 0 spiro atoms. The maximum Gasteiger partial charge on any atom is 0.161 e. The maximum absolute atomic E-state index is 9.54. The fourth-order valence-corrected chi connectivity index (χ4v) is 2.87. The lowest BCUT2D eigenvalue weighted by Crippen LogP contribution is -2.00. The van der Waals surface area contributed by atoms with Crippen LogP contribution >= 0.6 is 0 Å². The molecule has 1 aromatic heterocycles. The topological polar surface area (TPSA) is 81.2 Å². The molecule has 0 atom stereocenters. The average Bonchev–Trinajstić information content (AvgIpc) is 2.66. The average molecular weight is 345 g/mol.